The van der Waals surface area contributed by atoms with Gasteiger partial charge in [0, 0.05) is 23.7 Å². The summed E-state index contributed by atoms with van der Waals surface area (Å²) in [6.07, 6.45) is 0. The molecule has 32 heavy (non-hydrogen) atoms. The predicted molar refractivity (Wildman–Crippen MR) is 133 cm³/mol. The van der Waals surface area contributed by atoms with Gasteiger partial charge in [0.1, 0.15) is 0 Å². The minimum Gasteiger partial charge on any atom is -0.351 e. The van der Waals surface area contributed by atoms with Crippen LogP contribution < -0.4 is 10.0 Å². The van der Waals surface area contributed by atoms with Crippen LogP contribution in [0, 0.1) is 13.8 Å². The third-order valence-corrected chi connectivity index (χ3v) is 7.47. The van der Waals surface area contributed by atoms with Gasteiger partial charge >= 0.3 is 0 Å². The molecule has 0 bridgehead atoms. The Morgan fingerprint density at radius 1 is 0.938 bits per heavy atom. The van der Waals surface area contributed by atoms with Crippen LogP contribution in [0.25, 0.3) is 0 Å². The fourth-order valence-electron chi connectivity index (χ4n) is 2.90. The maximum atomic E-state index is 12.6. The molecule has 0 spiro atoms. The molecule has 0 aliphatic rings. The van der Waals surface area contributed by atoms with Gasteiger partial charge in [-0.15, -0.1) is 0 Å². The summed E-state index contributed by atoms with van der Waals surface area (Å²) in [5, 5.41) is 3.10. The first-order valence-electron chi connectivity index (χ1n) is 10.0. The summed E-state index contributed by atoms with van der Waals surface area (Å²) < 4.78 is 27.7. The van der Waals surface area contributed by atoms with E-state index in [1.807, 2.05) is 6.92 Å². The number of rotatable bonds is 9. The topological polar surface area (TPSA) is 75.3 Å². The molecule has 0 aromatic heterocycles. The SMILES string of the molecule is Cc1ccc(CSCCNC(=O)c2cc(NS(=O)(=O)c3ccc(C)cc3)ccc2Cl)cc1. The zero-order valence-corrected chi connectivity index (χ0v) is 20.3. The first-order valence-corrected chi connectivity index (χ1v) is 13.1. The second-order valence-corrected chi connectivity index (χ2v) is 10.6. The van der Waals surface area contributed by atoms with Crippen molar-refractivity contribution < 1.29 is 13.2 Å². The Morgan fingerprint density at radius 3 is 2.22 bits per heavy atom. The summed E-state index contributed by atoms with van der Waals surface area (Å²) in [4.78, 5) is 12.7. The van der Waals surface area contributed by atoms with E-state index in [0.717, 1.165) is 17.1 Å². The van der Waals surface area contributed by atoms with Gasteiger partial charge in [-0.1, -0.05) is 59.1 Å². The van der Waals surface area contributed by atoms with Crippen LogP contribution in [0.3, 0.4) is 0 Å². The van der Waals surface area contributed by atoms with Crippen molar-refractivity contribution in [3.8, 4) is 0 Å². The maximum absolute atomic E-state index is 12.6. The van der Waals surface area contributed by atoms with Crippen LogP contribution in [0.2, 0.25) is 5.02 Å². The molecule has 1 amide bonds. The first kappa shape index (κ1) is 24.2. The third kappa shape index (κ3) is 6.76. The second kappa shape index (κ2) is 10.9. The van der Waals surface area contributed by atoms with Crippen molar-refractivity contribution in [3.05, 3.63) is 94.0 Å². The van der Waals surface area contributed by atoms with Crippen LogP contribution >= 0.6 is 23.4 Å². The lowest BCUT2D eigenvalue weighted by molar-refractivity contribution is 0.0956. The molecular weight excluding hydrogens is 464 g/mol. The van der Waals surface area contributed by atoms with Crippen molar-refractivity contribution in [2.75, 3.05) is 17.0 Å². The number of hydrogen-bond donors (Lipinski definition) is 2. The second-order valence-electron chi connectivity index (χ2n) is 7.41. The molecule has 0 saturated carbocycles. The van der Waals surface area contributed by atoms with E-state index in [4.69, 9.17) is 11.6 Å². The maximum Gasteiger partial charge on any atom is 0.261 e. The van der Waals surface area contributed by atoms with Crippen molar-refractivity contribution in [1.82, 2.24) is 5.32 Å². The lowest BCUT2D eigenvalue weighted by Crippen LogP contribution is -2.26. The zero-order valence-electron chi connectivity index (χ0n) is 17.9. The number of anilines is 1. The van der Waals surface area contributed by atoms with Crippen LogP contribution in [-0.4, -0.2) is 26.6 Å². The number of amides is 1. The molecule has 0 aliphatic heterocycles. The van der Waals surface area contributed by atoms with E-state index >= 15 is 0 Å². The van der Waals surface area contributed by atoms with E-state index in [-0.39, 0.29) is 27.1 Å². The van der Waals surface area contributed by atoms with Crippen LogP contribution in [0.1, 0.15) is 27.0 Å². The number of nitrogens with one attached hydrogen (secondary N) is 2. The highest BCUT2D eigenvalue weighted by molar-refractivity contribution is 7.98. The van der Waals surface area contributed by atoms with Gasteiger partial charge in [0.2, 0.25) is 0 Å². The van der Waals surface area contributed by atoms with Gasteiger partial charge in [0.05, 0.1) is 15.5 Å². The van der Waals surface area contributed by atoms with Crippen LogP contribution in [0.15, 0.2) is 71.6 Å². The molecule has 0 aliphatic carbocycles. The van der Waals surface area contributed by atoms with Gasteiger partial charge in [-0.3, -0.25) is 9.52 Å². The first-order chi connectivity index (χ1) is 15.2. The lowest BCUT2D eigenvalue weighted by atomic mass is 10.2. The lowest BCUT2D eigenvalue weighted by Gasteiger charge is -2.11. The molecule has 0 fully saturated rings. The number of halogens is 1. The molecule has 0 radical (unpaired) electrons. The minimum atomic E-state index is -3.77. The van der Waals surface area contributed by atoms with Crippen LogP contribution in [0.4, 0.5) is 5.69 Å². The van der Waals surface area contributed by atoms with Gasteiger partial charge in [-0.05, 0) is 49.7 Å². The van der Waals surface area contributed by atoms with Crippen molar-refractivity contribution >= 4 is 45.0 Å². The number of aryl methyl sites for hydroxylation is 2. The monoisotopic (exact) mass is 488 g/mol. The average Bonchev–Trinajstić information content (AvgIpc) is 2.76. The van der Waals surface area contributed by atoms with Gasteiger partial charge in [0.25, 0.3) is 15.9 Å². The molecule has 3 aromatic rings. The summed E-state index contributed by atoms with van der Waals surface area (Å²) >= 11 is 7.91. The number of sulfonamides is 1. The highest BCUT2D eigenvalue weighted by Crippen LogP contribution is 2.23. The van der Waals surface area contributed by atoms with E-state index in [0.29, 0.717) is 6.54 Å². The minimum absolute atomic E-state index is 0.148. The Morgan fingerprint density at radius 2 is 1.56 bits per heavy atom. The summed E-state index contributed by atoms with van der Waals surface area (Å²) in [7, 11) is -3.77. The average molecular weight is 489 g/mol. The largest absolute Gasteiger partial charge is 0.351 e. The van der Waals surface area contributed by atoms with E-state index in [1.54, 1.807) is 23.9 Å². The smallest absolute Gasteiger partial charge is 0.261 e. The fraction of sp³-hybridized carbons (Fsp3) is 0.208. The molecule has 3 rings (SSSR count). The van der Waals surface area contributed by atoms with Crippen LogP contribution in [-0.2, 0) is 15.8 Å². The fourth-order valence-corrected chi connectivity index (χ4v) is 4.97. The van der Waals surface area contributed by atoms with Gasteiger partial charge in [0.15, 0.2) is 0 Å². The highest BCUT2D eigenvalue weighted by atomic mass is 35.5. The Kier molecular flexibility index (Phi) is 8.23. The molecule has 168 valence electrons. The summed E-state index contributed by atoms with van der Waals surface area (Å²) in [6.45, 7) is 4.42. The highest BCUT2D eigenvalue weighted by Gasteiger charge is 2.16. The molecular formula is C24H25ClN2O3S2. The number of carbonyl (C=O) groups is 1. The van der Waals surface area contributed by atoms with Crippen molar-refractivity contribution in [2.24, 2.45) is 0 Å². The molecule has 0 unspecified atom stereocenters. The number of benzene rings is 3. The molecule has 3 aromatic carbocycles. The normalized spacial score (nSPS) is 11.2. The number of carbonyl (C=O) groups excluding carboxylic acids is 1. The Hall–Kier alpha value is -2.48. The molecule has 8 heteroatoms. The molecule has 5 nitrogen and oxygen atoms in total. The van der Waals surface area contributed by atoms with Crippen molar-refractivity contribution in [1.29, 1.82) is 0 Å². The van der Waals surface area contributed by atoms with Gasteiger partial charge in [-0.25, -0.2) is 8.42 Å². The van der Waals surface area contributed by atoms with E-state index in [1.165, 1.54) is 41.5 Å². The molecule has 0 heterocycles. The molecule has 0 saturated heterocycles. The van der Waals surface area contributed by atoms with Crippen LogP contribution in [0.5, 0.6) is 0 Å². The number of hydrogen-bond acceptors (Lipinski definition) is 4. The standard InChI is InChI=1S/C24H25ClN2O3S2/c1-17-3-7-19(8-4-17)16-31-14-13-26-24(28)22-15-20(9-12-23(22)25)27-32(29,30)21-10-5-18(2)6-11-21/h3-12,15,27H,13-14,16H2,1-2H3,(H,26,28). The Labute approximate surface area is 198 Å². The number of thioether (sulfide) groups is 1. The summed E-state index contributed by atoms with van der Waals surface area (Å²) in [6, 6.07) is 19.4. The van der Waals surface area contributed by atoms with Gasteiger partial charge in [-0.2, -0.15) is 11.8 Å². The molecule has 0 atom stereocenters. The van der Waals surface area contributed by atoms with E-state index in [2.05, 4.69) is 41.2 Å². The van der Waals surface area contributed by atoms with E-state index in [9.17, 15) is 13.2 Å². The predicted octanol–water partition coefficient (Wildman–Crippen LogP) is 5.42. The quantitative estimate of drug-likeness (QED) is 0.394. The Bertz CT molecular complexity index is 1180. The van der Waals surface area contributed by atoms with E-state index < -0.39 is 10.0 Å². The van der Waals surface area contributed by atoms with Crippen molar-refractivity contribution in [2.45, 2.75) is 24.5 Å². The summed E-state index contributed by atoms with van der Waals surface area (Å²) in [5.41, 5.74) is 3.93. The molecule has 2 N–H and O–H groups in total. The zero-order chi connectivity index (χ0) is 23.1. The summed E-state index contributed by atoms with van der Waals surface area (Å²) in [5.74, 6) is 1.27. The third-order valence-electron chi connectivity index (χ3n) is 4.72. The van der Waals surface area contributed by atoms with Crippen molar-refractivity contribution in [3.63, 3.8) is 0 Å². The Balaban J connectivity index is 1.56. The van der Waals surface area contributed by atoms with Gasteiger partial charge < -0.3 is 5.32 Å².